The maximum absolute atomic E-state index is 12.6. The second-order valence-corrected chi connectivity index (χ2v) is 9.30. The zero-order chi connectivity index (χ0) is 18.7. The molecule has 2 aliphatic rings. The lowest BCUT2D eigenvalue weighted by Crippen LogP contribution is -2.50. The molecule has 0 unspecified atom stereocenters. The summed E-state index contributed by atoms with van der Waals surface area (Å²) in [6.45, 7) is 4.01. The number of sulfone groups is 1. The van der Waals surface area contributed by atoms with E-state index < -0.39 is 9.84 Å². The Morgan fingerprint density at radius 3 is 2.54 bits per heavy atom. The van der Waals surface area contributed by atoms with Gasteiger partial charge in [-0.25, -0.2) is 8.42 Å². The van der Waals surface area contributed by atoms with Crippen LogP contribution in [0.5, 0.6) is 11.5 Å². The van der Waals surface area contributed by atoms with Crippen molar-refractivity contribution in [2.75, 3.05) is 57.9 Å². The van der Waals surface area contributed by atoms with Gasteiger partial charge in [0.15, 0.2) is 11.5 Å². The summed E-state index contributed by atoms with van der Waals surface area (Å²) in [5.74, 6) is 1.29. The van der Waals surface area contributed by atoms with Crippen molar-refractivity contribution in [2.24, 2.45) is 0 Å². The van der Waals surface area contributed by atoms with Crippen molar-refractivity contribution in [2.45, 2.75) is 6.42 Å². The van der Waals surface area contributed by atoms with Gasteiger partial charge in [-0.05, 0) is 17.7 Å². The first-order valence-electron chi connectivity index (χ1n) is 8.58. The number of ether oxygens (including phenoxy) is 2. The minimum absolute atomic E-state index is 0.0282. The Morgan fingerprint density at radius 1 is 1.15 bits per heavy atom. The van der Waals surface area contributed by atoms with Crippen molar-refractivity contribution in [3.8, 4) is 11.5 Å². The van der Waals surface area contributed by atoms with Crippen LogP contribution in [0.15, 0.2) is 12.1 Å². The number of nitrogens with zero attached hydrogens (tertiary/aromatic N) is 2. The number of carbonyl (C=O) groups excluding carboxylic acids is 1. The van der Waals surface area contributed by atoms with E-state index in [2.05, 4.69) is 4.90 Å². The Labute approximate surface area is 158 Å². The molecule has 2 heterocycles. The molecule has 144 valence electrons. The highest BCUT2D eigenvalue weighted by Gasteiger charge is 2.23. The third-order valence-electron chi connectivity index (χ3n) is 4.52. The molecule has 0 bridgehead atoms. The molecule has 1 fully saturated rings. The molecule has 9 heteroatoms. The Kier molecular flexibility index (Phi) is 5.94. The topological polar surface area (TPSA) is 76.2 Å². The summed E-state index contributed by atoms with van der Waals surface area (Å²) in [6.07, 6.45) is 1.49. The van der Waals surface area contributed by atoms with Gasteiger partial charge in [-0.1, -0.05) is 11.6 Å². The number of rotatable bonds is 5. The summed E-state index contributed by atoms with van der Waals surface area (Å²) in [7, 11) is -2.96. The van der Waals surface area contributed by atoms with Gasteiger partial charge < -0.3 is 14.4 Å². The van der Waals surface area contributed by atoms with E-state index in [-0.39, 0.29) is 18.1 Å². The highest BCUT2D eigenvalue weighted by Crippen LogP contribution is 2.38. The van der Waals surface area contributed by atoms with Crippen molar-refractivity contribution >= 4 is 27.3 Å². The Bertz CT molecular complexity index is 776. The fraction of sp³-hybridized carbons (Fsp3) is 0.588. The molecule has 0 saturated carbocycles. The van der Waals surface area contributed by atoms with Crippen LogP contribution in [-0.2, 0) is 21.1 Å². The van der Waals surface area contributed by atoms with E-state index in [0.29, 0.717) is 62.5 Å². The average Bonchev–Trinajstić information content (AvgIpc) is 2.60. The van der Waals surface area contributed by atoms with Crippen LogP contribution in [0.25, 0.3) is 0 Å². The number of piperazine rings is 1. The Balaban J connectivity index is 1.54. The Morgan fingerprint density at radius 2 is 1.85 bits per heavy atom. The lowest BCUT2D eigenvalue weighted by molar-refractivity contribution is -0.132. The molecule has 26 heavy (non-hydrogen) atoms. The van der Waals surface area contributed by atoms with E-state index in [1.54, 1.807) is 12.1 Å². The largest absolute Gasteiger partial charge is 0.486 e. The summed E-state index contributed by atoms with van der Waals surface area (Å²) < 4.78 is 33.6. The van der Waals surface area contributed by atoms with Gasteiger partial charge in [0, 0.05) is 39.0 Å². The summed E-state index contributed by atoms with van der Waals surface area (Å²) in [4.78, 5) is 16.4. The highest BCUT2D eigenvalue weighted by atomic mass is 35.5. The standard InChI is InChI=1S/C17H23ClN2O5S/c1-26(22,23)9-6-19-2-4-20(5-3-19)16(21)12-13-10-14(18)17-15(11-13)24-7-8-25-17/h10-11H,2-9,12H2,1H3. The number of benzene rings is 1. The monoisotopic (exact) mass is 402 g/mol. The molecule has 2 aliphatic heterocycles. The quantitative estimate of drug-likeness (QED) is 0.726. The van der Waals surface area contributed by atoms with Crippen LogP contribution in [0.2, 0.25) is 5.02 Å². The summed E-state index contributed by atoms with van der Waals surface area (Å²) in [5.41, 5.74) is 0.795. The van der Waals surface area contributed by atoms with Gasteiger partial charge in [0.2, 0.25) is 5.91 Å². The number of hydrogen-bond donors (Lipinski definition) is 0. The van der Waals surface area contributed by atoms with Crippen LogP contribution in [0, 0.1) is 0 Å². The molecule has 1 aromatic rings. The van der Waals surface area contributed by atoms with E-state index in [1.807, 2.05) is 4.90 Å². The van der Waals surface area contributed by atoms with Gasteiger partial charge in [-0.2, -0.15) is 0 Å². The van der Waals surface area contributed by atoms with Crippen molar-refractivity contribution in [3.05, 3.63) is 22.7 Å². The molecule has 1 aromatic carbocycles. The molecule has 0 N–H and O–H groups in total. The predicted octanol–water partition coefficient (Wildman–Crippen LogP) is 0.843. The summed E-state index contributed by atoms with van der Waals surface area (Å²) >= 11 is 6.22. The third kappa shape index (κ3) is 5.02. The van der Waals surface area contributed by atoms with Crippen molar-refractivity contribution in [3.63, 3.8) is 0 Å². The number of hydrogen-bond acceptors (Lipinski definition) is 6. The molecular weight excluding hydrogens is 380 g/mol. The lowest BCUT2D eigenvalue weighted by atomic mass is 10.1. The van der Waals surface area contributed by atoms with Gasteiger partial charge in [-0.15, -0.1) is 0 Å². The van der Waals surface area contributed by atoms with Crippen LogP contribution in [0.1, 0.15) is 5.56 Å². The third-order valence-corrected chi connectivity index (χ3v) is 5.72. The molecule has 7 nitrogen and oxygen atoms in total. The molecule has 0 spiro atoms. The summed E-state index contributed by atoms with van der Waals surface area (Å²) in [6, 6.07) is 3.55. The van der Waals surface area contributed by atoms with Crippen LogP contribution >= 0.6 is 11.6 Å². The van der Waals surface area contributed by atoms with Crippen molar-refractivity contribution in [1.29, 1.82) is 0 Å². The van der Waals surface area contributed by atoms with Gasteiger partial charge in [-0.3, -0.25) is 9.69 Å². The molecule has 1 amide bonds. The Hall–Kier alpha value is -1.51. The second kappa shape index (κ2) is 8.02. The molecule has 3 rings (SSSR count). The van der Waals surface area contributed by atoms with E-state index in [9.17, 15) is 13.2 Å². The van der Waals surface area contributed by atoms with Crippen molar-refractivity contribution < 1.29 is 22.7 Å². The fourth-order valence-corrected chi connectivity index (χ4v) is 3.95. The van der Waals surface area contributed by atoms with Gasteiger partial charge in [0.25, 0.3) is 0 Å². The first-order valence-corrected chi connectivity index (χ1v) is 11.0. The maximum atomic E-state index is 12.6. The number of halogens is 1. The second-order valence-electron chi connectivity index (χ2n) is 6.63. The normalized spacial score (nSPS) is 18.0. The number of fused-ring (bicyclic) bond motifs is 1. The minimum Gasteiger partial charge on any atom is -0.486 e. The average molecular weight is 403 g/mol. The minimum atomic E-state index is -2.96. The van der Waals surface area contributed by atoms with Gasteiger partial charge >= 0.3 is 0 Å². The molecule has 0 atom stereocenters. The molecule has 0 radical (unpaired) electrons. The predicted molar refractivity (Wildman–Crippen MR) is 98.9 cm³/mol. The van der Waals surface area contributed by atoms with E-state index in [1.165, 1.54) is 6.26 Å². The molecular formula is C17H23ClN2O5S. The first kappa shape index (κ1) is 19.3. The van der Waals surface area contributed by atoms with Crippen molar-refractivity contribution in [1.82, 2.24) is 9.80 Å². The lowest BCUT2D eigenvalue weighted by Gasteiger charge is -2.34. The highest BCUT2D eigenvalue weighted by molar-refractivity contribution is 7.90. The molecule has 0 aliphatic carbocycles. The SMILES string of the molecule is CS(=O)(=O)CCN1CCN(C(=O)Cc2cc(Cl)c3c(c2)OCCO3)CC1. The molecule has 1 saturated heterocycles. The number of amides is 1. The number of carbonyl (C=O) groups is 1. The summed E-state index contributed by atoms with van der Waals surface area (Å²) in [5, 5.41) is 0.454. The van der Waals surface area contributed by atoms with Crippen LogP contribution in [0.3, 0.4) is 0 Å². The molecule has 0 aromatic heterocycles. The van der Waals surface area contributed by atoms with Gasteiger partial charge in [0.1, 0.15) is 23.1 Å². The first-order chi connectivity index (χ1) is 12.3. The maximum Gasteiger partial charge on any atom is 0.227 e. The smallest absolute Gasteiger partial charge is 0.227 e. The van der Waals surface area contributed by atoms with Crippen LogP contribution in [0.4, 0.5) is 0 Å². The van der Waals surface area contributed by atoms with Gasteiger partial charge in [0.05, 0.1) is 17.2 Å². The van der Waals surface area contributed by atoms with E-state index in [0.717, 1.165) is 5.56 Å². The van der Waals surface area contributed by atoms with Crippen LogP contribution < -0.4 is 9.47 Å². The fourth-order valence-electron chi connectivity index (χ4n) is 3.07. The zero-order valence-corrected chi connectivity index (χ0v) is 16.3. The van der Waals surface area contributed by atoms with E-state index >= 15 is 0 Å². The van der Waals surface area contributed by atoms with Crippen LogP contribution in [-0.4, -0.2) is 82.1 Å². The zero-order valence-electron chi connectivity index (χ0n) is 14.7. The van der Waals surface area contributed by atoms with E-state index in [4.69, 9.17) is 21.1 Å².